The molecule has 0 fully saturated rings. The number of nitrogens with zero attached hydrogens (tertiary/aromatic N) is 1. The third kappa shape index (κ3) is 2.84. The number of hydrogen-bond acceptors (Lipinski definition) is 2. The smallest absolute Gasteiger partial charge is 0.0922 e. The molecule has 0 spiro atoms. The third-order valence-corrected chi connectivity index (χ3v) is 2.78. The van der Waals surface area contributed by atoms with Crippen LogP contribution in [-0.2, 0) is 6.54 Å². The molecule has 0 unspecified atom stereocenters. The first-order chi connectivity index (χ1) is 7.75. The van der Waals surface area contributed by atoms with E-state index in [-0.39, 0.29) is 0 Å². The number of hydrogen-bond donors (Lipinski definition) is 2. The van der Waals surface area contributed by atoms with Crippen LogP contribution in [0, 0.1) is 0 Å². The SMILES string of the molecule is C[C@H](NCc1cnc[nH]1)c1ccc(Cl)cc1. The highest BCUT2D eigenvalue weighted by molar-refractivity contribution is 6.30. The van der Waals surface area contributed by atoms with Crippen LogP contribution in [0.1, 0.15) is 24.2 Å². The quantitative estimate of drug-likeness (QED) is 0.856. The fraction of sp³-hybridized carbons (Fsp3) is 0.250. The Morgan fingerprint density at radius 2 is 2.12 bits per heavy atom. The van der Waals surface area contributed by atoms with Crippen molar-refractivity contribution in [2.24, 2.45) is 0 Å². The van der Waals surface area contributed by atoms with Gasteiger partial charge in [0, 0.05) is 29.5 Å². The highest BCUT2D eigenvalue weighted by Gasteiger charge is 2.04. The van der Waals surface area contributed by atoms with Crippen LogP contribution in [0.25, 0.3) is 0 Å². The van der Waals surface area contributed by atoms with Crippen LogP contribution in [0.3, 0.4) is 0 Å². The maximum absolute atomic E-state index is 5.84. The average Bonchev–Trinajstić information content (AvgIpc) is 2.80. The van der Waals surface area contributed by atoms with Crippen LogP contribution in [0.15, 0.2) is 36.8 Å². The highest BCUT2D eigenvalue weighted by Crippen LogP contribution is 2.16. The fourth-order valence-corrected chi connectivity index (χ4v) is 1.64. The van der Waals surface area contributed by atoms with Crippen molar-refractivity contribution in [1.29, 1.82) is 0 Å². The Morgan fingerprint density at radius 3 is 2.75 bits per heavy atom. The van der Waals surface area contributed by atoms with Crippen LogP contribution in [-0.4, -0.2) is 9.97 Å². The molecule has 2 aromatic rings. The summed E-state index contributed by atoms with van der Waals surface area (Å²) in [7, 11) is 0. The van der Waals surface area contributed by atoms with Crippen molar-refractivity contribution < 1.29 is 0 Å². The van der Waals surface area contributed by atoms with Gasteiger partial charge in [-0.15, -0.1) is 0 Å². The molecular weight excluding hydrogens is 222 g/mol. The van der Waals surface area contributed by atoms with Crippen LogP contribution in [0.5, 0.6) is 0 Å². The van der Waals surface area contributed by atoms with Crippen LogP contribution < -0.4 is 5.32 Å². The highest BCUT2D eigenvalue weighted by atomic mass is 35.5. The van der Waals surface area contributed by atoms with Crippen molar-refractivity contribution in [3.8, 4) is 0 Å². The lowest BCUT2D eigenvalue weighted by atomic mass is 10.1. The van der Waals surface area contributed by atoms with E-state index in [9.17, 15) is 0 Å². The number of halogens is 1. The van der Waals surface area contributed by atoms with E-state index in [0.29, 0.717) is 6.04 Å². The summed E-state index contributed by atoms with van der Waals surface area (Å²) in [6, 6.07) is 8.18. The van der Waals surface area contributed by atoms with E-state index >= 15 is 0 Å². The Morgan fingerprint density at radius 1 is 1.38 bits per heavy atom. The molecule has 1 heterocycles. The molecule has 1 aromatic heterocycles. The van der Waals surface area contributed by atoms with E-state index in [1.54, 1.807) is 6.33 Å². The van der Waals surface area contributed by atoms with Crippen molar-refractivity contribution in [1.82, 2.24) is 15.3 Å². The number of benzene rings is 1. The van der Waals surface area contributed by atoms with E-state index in [1.807, 2.05) is 30.5 Å². The molecule has 0 aliphatic carbocycles. The van der Waals surface area contributed by atoms with Crippen molar-refractivity contribution in [2.75, 3.05) is 0 Å². The van der Waals surface area contributed by atoms with E-state index in [4.69, 9.17) is 11.6 Å². The predicted octanol–water partition coefficient (Wildman–Crippen LogP) is 2.91. The van der Waals surface area contributed by atoms with Gasteiger partial charge in [0.2, 0.25) is 0 Å². The average molecular weight is 236 g/mol. The first-order valence-electron chi connectivity index (χ1n) is 5.22. The van der Waals surface area contributed by atoms with Gasteiger partial charge in [0.05, 0.1) is 6.33 Å². The topological polar surface area (TPSA) is 40.7 Å². The Kier molecular flexibility index (Phi) is 3.59. The molecule has 16 heavy (non-hydrogen) atoms. The molecule has 0 saturated carbocycles. The molecule has 84 valence electrons. The molecule has 1 aromatic carbocycles. The predicted molar refractivity (Wildman–Crippen MR) is 65.3 cm³/mol. The lowest BCUT2D eigenvalue weighted by Gasteiger charge is -2.13. The minimum absolute atomic E-state index is 0.292. The number of H-pyrrole nitrogens is 1. The van der Waals surface area contributed by atoms with Gasteiger partial charge < -0.3 is 10.3 Å². The fourth-order valence-electron chi connectivity index (χ4n) is 1.51. The summed E-state index contributed by atoms with van der Waals surface area (Å²) in [6.45, 7) is 2.91. The molecule has 3 nitrogen and oxygen atoms in total. The van der Waals surface area contributed by atoms with Gasteiger partial charge in [0.25, 0.3) is 0 Å². The van der Waals surface area contributed by atoms with Crippen molar-refractivity contribution in [2.45, 2.75) is 19.5 Å². The molecule has 4 heteroatoms. The molecular formula is C12H14ClN3. The summed E-state index contributed by atoms with van der Waals surface area (Å²) in [4.78, 5) is 7.03. The maximum atomic E-state index is 5.84. The van der Waals surface area contributed by atoms with Gasteiger partial charge in [-0.25, -0.2) is 4.98 Å². The van der Waals surface area contributed by atoms with Crippen LogP contribution >= 0.6 is 11.6 Å². The van der Waals surface area contributed by atoms with Gasteiger partial charge in [-0.2, -0.15) is 0 Å². The number of rotatable bonds is 4. The van der Waals surface area contributed by atoms with E-state index < -0.39 is 0 Å². The molecule has 0 saturated heterocycles. The zero-order chi connectivity index (χ0) is 11.4. The second-order valence-corrected chi connectivity index (χ2v) is 4.17. The first kappa shape index (κ1) is 11.2. The minimum atomic E-state index is 0.292. The zero-order valence-corrected chi connectivity index (χ0v) is 9.83. The van der Waals surface area contributed by atoms with Gasteiger partial charge in [-0.3, -0.25) is 0 Å². The Labute approximate surface area is 99.9 Å². The number of aromatic amines is 1. The lowest BCUT2D eigenvalue weighted by Crippen LogP contribution is -2.18. The van der Waals surface area contributed by atoms with Crippen LogP contribution in [0.2, 0.25) is 5.02 Å². The van der Waals surface area contributed by atoms with Gasteiger partial charge in [-0.1, -0.05) is 23.7 Å². The van der Waals surface area contributed by atoms with Gasteiger partial charge in [0.1, 0.15) is 0 Å². The van der Waals surface area contributed by atoms with Crippen LogP contribution in [0.4, 0.5) is 0 Å². The molecule has 0 radical (unpaired) electrons. The summed E-state index contributed by atoms with van der Waals surface area (Å²) in [5, 5.41) is 4.17. The molecule has 0 aliphatic rings. The molecule has 1 atom stereocenters. The Balaban J connectivity index is 1.93. The molecule has 0 aliphatic heterocycles. The van der Waals surface area contributed by atoms with Gasteiger partial charge in [0.15, 0.2) is 0 Å². The van der Waals surface area contributed by atoms with E-state index in [0.717, 1.165) is 17.3 Å². The minimum Gasteiger partial charge on any atom is -0.347 e. The van der Waals surface area contributed by atoms with E-state index in [1.165, 1.54) is 5.56 Å². The number of nitrogens with one attached hydrogen (secondary N) is 2. The largest absolute Gasteiger partial charge is 0.347 e. The Bertz CT molecular complexity index is 422. The molecule has 0 amide bonds. The monoisotopic (exact) mass is 235 g/mol. The van der Waals surface area contributed by atoms with Gasteiger partial charge in [-0.05, 0) is 24.6 Å². The third-order valence-electron chi connectivity index (χ3n) is 2.52. The van der Waals surface area contributed by atoms with Gasteiger partial charge >= 0.3 is 0 Å². The molecule has 0 bridgehead atoms. The first-order valence-corrected chi connectivity index (χ1v) is 5.59. The number of aromatic nitrogens is 2. The van der Waals surface area contributed by atoms with E-state index in [2.05, 4.69) is 22.2 Å². The normalized spacial score (nSPS) is 12.6. The zero-order valence-electron chi connectivity index (χ0n) is 9.07. The molecule has 2 rings (SSSR count). The second kappa shape index (κ2) is 5.14. The standard InChI is InChI=1S/C12H14ClN3/c1-9(10-2-4-11(13)5-3-10)15-7-12-6-14-8-16-12/h2-6,8-9,15H,7H2,1H3,(H,14,16)/t9-/m0/s1. The van der Waals surface area contributed by atoms with Crippen molar-refractivity contribution >= 4 is 11.6 Å². The summed E-state index contributed by atoms with van der Waals surface area (Å²) in [5.74, 6) is 0. The maximum Gasteiger partial charge on any atom is 0.0922 e. The lowest BCUT2D eigenvalue weighted by molar-refractivity contribution is 0.569. The molecule has 2 N–H and O–H groups in total. The Hall–Kier alpha value is -1.32. The number of imidazole rings is 1. The summed E-state index contributed by atoms with van der Waals surface area (Å²) >= 11 is 5.84. The van der Waals surface area contributed by atoms with Crippen molar-refractivity contribution in [3.63, 3.8) is 0 Å². The summed E-state index contributed by atoms with van der Waals surface area (Å²) in [5.41, 5.74) is 2.31. The summed E-state index contributed by atoms with van der Waals surface area (Å²) in [6.07, 6.45) is 3.51. The van der Waals surface area contributed by atoms with Crippen molar-refractivity contribution in [3.05, 3.63) is 53.1 Å². The summed E-state index contributed by atoms with van der Waals surface area (Å²) < 4.78 is 0. The second-order valence-electron chi connectivity index (χ2n) is 3.73.